The quantitative estimate of drug-likeness (QED) is 0.294. The molecule has 3 amide bonds. The van der Waals surface area contributed by atoms with E-state index in [9.17, 15) is 14.4 Å². The zero-order valence-electron chi connectivity index (χ0n) is 16.1. The Balaban J connectivity index is 1.45. The van der Waals surface area contributed by atoms with Crippen molar-refractivity contribution in [3.63, 3.8) is 0 Å². The molecule has 0 unspecified atom stereocenters. The van der Waals surface area contributed by atoms with Gasteiger partial charge >= 0.3 is 0 Å². The highest BCUT2D eigenvalue weighted by molar-refractivity contribution is 9.10. The summed E-state index contributed by atoms with van der Waals surface area (Å²) in [7, 11) is 0. The second-order valence-electron chi connectivity index (χ2n) is 6.59. The van der Waals surface area contributed by atoms with Crippen LogP contribution in [0, 0.1) is 0 Å². The average molecular weight is 498 g/mol. The molecule has 0 spiro atoms. The van der Waals surface area contributed by atoms with Crippen molar-refractivity contribution >= 4 is 51.1 Å². The number of imide groups is 1. The second-order valence-corrected chi connectivity index (χ2v) is 8.45. The molecular weight excluding hydrogens is 482 g/mol. The summed E-state index contributed by atoms with van der Waals surface area (Å²) < 4.78 is 2.85. The minimum Gasteiger partial charge on any atom is -0.325 e. The number of rotatable bonds is 7. The van der Waals surface area contributed by atoms with Crippen LogP contribution in [0.1, 0.15) is 20.7 Å². The summed E-state index contributed by atoms with van der Waals surface area (Å²) in [5.41, 5.74) is 1.90. The Labute approximate surface area is 190 Å². The van der Waals surface area contributed by atoms with E-state index in [1.807, 2.05) is 28.8 Å². The number of hydrogen-bond donors (Lipinski definition) is 2. The topological polar surface area (TPSA) is 106 Å². The molecule has 10 heteroatoms. The van der Waals surface area contributed by atoms with Crippen LogP contribution in [0.5, 0.6) is 0 Å². The fourth-order valence-corrected chi connectivity index (χ4v) is 4.09. The smallest absolute Gasteiger partial charge is 0.259 e. The first-order chi connectivity index (χ1) is 15.0. The van der Waals surface area contributed by atoms with Crippen LogP contribution in [0.25, 0.3) is 11.4 Å². The van der Waals surface area contributed by atoms with E-state index in [-0.39, 0.29) is 17.2 Å². The number of benzene rings is 2. The van der Waals surface area contributed by atoms with Gasteiger partial charge in [-0.3, -0.25) is 24.3 Å². The maximum Gasteiger partial charge on any atom is 0.259 e. The van der Waals surface area contributed by atoms with Gasteiger partial charge in [-0.25, -0.2) is 0 Å². The maximum absolute atomic E-state index is 12.4. The van der Waals surface area contributed by atoms with E-state index in [0.29, 0.717) is 28.8 Å². The molecule has 0 fully saturated rings. The van der Waals surface area contributed by atoms with Crippen molar-refractivity contribution in [3.8, 4) is 11.4 Å². The first-order valence-corrected chi connectivity index (χ1v) is 11.0. The number of allylic oxidation sites excluding steroid dienone is 1. The van der Waals surface area contributed by atoms with Crippen LogP contribution in [0.4, 0.5) is 5.69 Å². The van der Waals surface area contributed by atoms with Crippen molar-refractivity contribution in [2.75, 3.05) is 11.1 Å². The van der Waals surface area contributed by atoms with Crippen molar-refractivity contribution in [2.45, 2.75) is 11.7 Å². The van der Waals surface area contributed by atoms with Gasteiger partial charge in [-0.2, -0.15) is 0 Å². The number of halogens is 1. The van der Waals surface area contributed by atoms with Gasteiger partial charge in [0.05, 0.1) is 16.9 Å². The lowest BCUT2D eigenvalue weighted by molar-refractivity contribution is -0.113. The first-order valence-electron chi connectivity index (χ1n) is 9.18. The van der Waals surface area contributed by atoms with Crippen molar-refractivity contribution < 1.29 is 14.4 Å². The van der Waals surface area contributed by atoms with Crippen molar-refractivity contribution in [3.05, 3.63) is 70.7 Å². The number of aromatic nitrogens is 3. The van der Waals surface area contributed by atoms with Crippen LogP contribution in [0.2, 0.25) is 0 Å². The Morgan fingerprint density at radius 2 is 1.87 bits per heavy atom. The van der Waals surface area contributed by atoms with E-state index >= 15 is 0 Å². The van der Waals surface area contributed by atoms with Crippen LogP contribution in [0.15, 0.2) is 64.7 Å². The van der Waals surface area contributed by atoms with Gasteiger partial charge in [0.1, 0.15) is 0 Å². The fourth-order valence-electron chi connectivity index (χ4n) is 3.07. The second kappa shape index (κ2) is 8.86. The summed E-state index contributed by atoms with van der Waals surface area (Å²) in [4.78, 5) is 35.8. The Kier molecular flexibility index (Phi) is 6.01. The molecule has 0 aliphatic carbocycles. The van der Waals surface area contributed by atoms with Gasteiger partial charge in [0.25, 0.3) is 11.8 Å². The maximum atomic E-state index is 12.4. The van der Waals surface area contributed by atoms with Gasteiger partial charge in [0, 0.05) is 22.3 Å². The van der Waals surface area contributed by atoms with Crippen LogP contribution >= 0.6 is 27.7 Å². The predicted molar refractivity (Wildman–Crippen MR) is 121 cm³/mol. The van der Waals surface area contributed by atoms with Crippen LogP contribution < -0.4 is 10.6 Å². The Morgan fingerprint density at radius 3 is 2.61 bits per heavy atom. The van der Waals surface area contributed by atoms with Gasteiger partial charge in [-0.1, -0.05) is 45.9 Å². The van der Waals surface area contributed by atoms with Gasteiger partial charge in [-0.15, -0.1) is 16.8 Å². The summed E-state index contributed by atoms with van der Waals surface area (Å²) in [6, 6.07) is 12.3. The highest BCUT2D eigenvalue weighted by Crippen LogP contribution is 2.26. The van der Waals surface area contributed by atoms with Crippen LogP contribution in [-0.2, 0) is 11.3 Å². The summed E-state index contributed by atoms with van der Waals surface area (Å²) in [6.45, 7) is 4.28. The number of carbonyl (C=O) groups is 3. The zero-order chi connectivity index (χ0) is 22.0. The number of amides is 3. The van der Waals surface area contributed by atoms with Gasteiger partial charge in [0.15, 0.2) is 11.0 Å². The molecule has 2 N–H and O–H groups in total. The summed E-state index contributed by atoms with van der Waals surface area (Å²) in [5.74, 6) is -0.393. The minimum atomic E-state index is -0.469. The number of anilines is 1. The Morgan fingerprint density at radius 1 is 1.13 bits per heavy atom. The molecular formula is C21H16BrN5O3S. The van der Waals surface area contributed by atoms with E-state index in [1.165, 1.54) is 23.9 Å². The van der Waals surface area contributed by atoms with Crippen molar-refractivity contribution in [1.29, 1.82) is 0 Å². The highest BCUT2D eigenvalue weighted by Gasteiger charge is 2.26. The lowest BCUT2D eigenvalue weighted by atomic mass is 10.1. The predicted octanol–water partition coefficient (Wildman–Crippen LogP) is 3.51. The monoisotopic (exact) mass is 497 g/mol. The lowest BCUT2D eigenvalue weighted by Gasteiger charge is -2.09. The van der Waals surface area contributed by atoms with Gasteiger partial charge in [-0.05, 0) is 30.3 Å². The number of nitrogens with one attached hydrogen (secondary N) is 2. The molecule has 8 nitrogen and oxygen atoms in total. The molecule has 1 aliphatic rings. The standard InChI is InChI=1S/C21H16BrN5O3S/c1-2-9-27-18(12-3-5-13(22)6-4-12)25-26-21(27)31-11-17(28)23-14-7-8-15-16(10-14)20(30)24-19(15)29/h2-8,10H,1,9,11H2,(H,23,28)(H,24,29,30). The number of fused-ring (bicyclic) bond motifs is 1. The third-order valence-electron chi connectivity index (χ3n) is 4.48. The van der Waals surface area contributed by atoms with E-state index in [0.717, 1.165) is 10.0 Å². The first kappa shape index (κ1) is 21.0. The van der Waals surface area contributed by atoms with Crippen molar-refractivity contribution in [2.24, 2.45) is 0 Å². The van der Waals surface area contributed by atoms with E-state index in [4.69, 9.17) is 0 Å². The normalized spacial score (nSPS) is 12.4. The van der Waals surface area contributed by atoms with Gasteiger partial charge in [0.2, 0.25) is 5.91 Å². The molecule has 0 saturated carbocycles. The summed E-state index contributed by atoms with van der Waals surface area (Å²) in [5, 5.41) is 14.0. The molecule has 0 radical (unpaired) electrons. The Bertz CT molecular complexity index is 1210. The molecule has 1 aliphatic heterocycles. The Hall–Kier alpha value is -3.24. The number of hydrogen-bond acceptors (Lipinski definition) is 6. The molecule has 1 aromatic heterocycles. The minimum absolute atomic E-state index is 0.0951. The lowest BCUT2D eigenvalue weighted by Crippen LogP contribution is -2.19. The fraction of sp³-hybridized carbons (Fsp3) is 0.0952. The van der Waals surface area contributed by atoms with Crippen LogP contribution in [-0.4, -0.2) is 38.2 Å². The SMILES string of the molecule is C=CCn1c(SCC(=O)Nc2ccc3c(c2)C(=O)NC3=O)nnc1-c1ccc(Br)cc1. The van der Waals surface area contributed by atoms with E-state index in [1.54, 1.807) is 12.1 Å². The van der Waals surface area contributed by atoms with Crippen molar-refractivity contribution in [1.82, 2.24) is 20.1 Å². The molecule has 0 atom stereocenters. The highest BCUT2D eigenvalue weighted by atomic mass is 79.9. The van der Waals surface area contributed by atoms with Gasteiger partial charge < -0.3 is 5.32 Å². The average Bonchev–Trinajstić information content (AvgIpc) is 3.27. The molecule has 31 heavy (non-hydrogen) atoms. The molecule has 4 rings (SSSR count). The third-order valence-corrected chi connectivity index (χ3v) is 5.98. The molecule has 156 valence electrons. The molecule has 2 heterocycles. The molecule has 0 bridgehead atoms. The summed E-state index contributed by atoms with van der Waals surface area (Å²) >= 11 is 4.66. The molecule has 2 aromatic carbocycles. The zero-order valence-corrected chi connectivity index (χ0v) is 18.5. The van der Waals surface area contributed by atoms with E-state index in [2.05, 4.69) is 43.3 Å². The third kappa shape index (κ3) is 4.44. The molecule has 3 aromatic rings. The number of carbonyl (C=O) groups excluding carboxylic acids is 3. The number of thioether (sulfide) groups is 1. The number of nitrogens with zero attached hydrogens (tertiary/aromatic N) is 3. The summed E-state index contributed by atoms with van der Waals surface area (Å²) in [6.07, 6.45) is 1.74. The van der Waals surface area contributed by atoms with E-state index < -0.39 is 11.8 Å². The molecule has 0 saturated heterocycles. The van der Waals surface area contributed by atoms with Crippen LogP contribution in [0.3, 0.4) is 0 Å². The largest absolute Gasteiger partial charge is 0.325 e.